The molecule has 0 saturated carbocycles. The van der Waals surface area contributed by atoms with Crippen LogP contribution in [-0.2, 0) is 6.42 Å². The Balaban J connectivity index is 1.66. The molecule has 2 aromatic rings. The van der Waals surface area contributed by atoms with Crippen LogP contribution in [0.25, 0.3) is 0 Å². The van der Waals surface area contributed by atoms with E-state index in [0.717, 1.165) is 39.1 Å². The minimum absolute atomic E-state index is 0.257. The van der Waals surface area contributed by atoms with Crippen molar-refractivity contribution < 1.29 is 5.11 Å². The average molecular weight is 387 g/mol. The van der Waals surface area contributed by atoms with Crippen LogP contribution in [0.2, 0.25) is 0 Å². The van der Waals surface area contributed by atoms with Gasteiger partial charge >= 0.3 is 0 Å². The van der Waals surface area contributed by atoms with E-state index >= 15 is 0 Å². The van der Waals surface area contributed by atoms with Gasteiger partial charge in [0.15, 0.2) is 0 Å². The van der Waals surface area contributed by atoms with Gasteiger partial charge in [-0.25, -0.2) is 0 Å². The standard InChI is InChI=1S/C21H26N2OS2/c1-25-17-6-7-21-18(15-17)19(14-16-4-2-3-5-20(16)26-21)23-10-8-22(9-11-23)12-13-24/h2-7,15,19,24H,8-14H2,1H3. The molecule has 1 unspecified atom stereocenters. The number of nitrogens with zero attached hydrogens (tertiary/aromatic N) is 2. The number of hydrogen-bond acceptors (Lipinski definition) is 5. The van der Waals surface area contributed by atoms with Gasteiger partial charge in [0.1, 0.15) is 0 Å². The molecule has 138 valence electrons. The molecular formula is C21H26N2OS2. The summed E-state index contributed by atoms with van der Waals surface area (Å²) < 4.78 is 0. The van der Waals surface area contributed by atoms with Crippen molar-refractivity contribution in [2.45, 2.75) is 27.1 Å². The third kappa shape index (κ3) is 3.82. The minimum atomic E-state index is 0.257. The van der Waals surface area contributed by atoms with Crippen molar-refractivity contribution in [2.24, 2.45) is 0 Å². The highest BCUT2D eigenvalue weighted by molar-refractivity contribution is 7.99. The highest BCUT2D eigenvalue weighted by Crippen LogP contribution is 2.44. The molecule has 2 heterocycles. The lowest BCUT2D eigenvalue weighted by atomic mass is 9.96. The van der Waals surface area contributed by atoms with Gasteiger partial charge in [-0.15, -0.1) is 11.8 Å². The molecule has 4 rings (SSSR count). The first-order chi connectivity index (χ1) is 12.8. The topological polar surface area (TPSA) is 26.7 Å². The molecule has 1 N–H and O–H groups in total. The summed E-state index contributed by atoms with van der Waals surface area (Å²) in [5.41, 5.74) is 2.94. The Morgan fingerprint density at radius 3 is 2.65 bits per heavy atom. The number of hydrogen-bond donors (Lipinski definition) is 1. The van der Waals surface area contributed by atoms with E-state index in [1.165, 1.54) is 25.8 Å². The lowest BCUT2D eigenvalue weighted by Gasteiger charge is -2.39. The molecule has 0 spiro atoms. The van der Waals surface area contributed by atoms with E-state index in [4.69, 9.17) is 0 Å². The van der Waals surface area contributed by atoms with Gasteiger partial charge in [0.25, 0.3) is 0 Å². The highest BCUT2D eigenvalue weighted by atomic mass is 32.2. The van der Waals surface area contributed by atoms with Crippen LogP contribution in [0.5, 0.6) is 0 Å². The van der Waals surface area contributed by atoms with Gasteiger partial charge in [-0.1, -0.05) is 30.0 Å². The predicted octanol–water partition coefficient (Wildman–Crippen LogP) is 3.77. The van der Waals surface area contributed by atoms with Crippen molar-refractivity contribution in [2.75, 3.05) is 45.6 Å². The van der Waals surface area contributed by atoms with E-state index in [2.05, 4.69) is 58.5 Å². The summed E-state index contributed by atoms with van der Waals surface area (Å²) in [7, 11) is 0. The number of benzene rings is 2. The van der Waals surface area contributed by atoms with Crippen LogP contribution in [-0.4, -0.2) is 60.5 Å². The summed E-state index contributed by atoms with van der Waals surface area (Å²) in [6.45, 7) is 5.28. The first-order valence-corrected chi connectivity index (χ1v) is 11.3. The van der Waals surface area contributed by atoms with Gasteiger partial charge in [0.05, 0.1) is 6.61 Å². The number of rotatable bonds is 4. The molecule has 0 amide bonds. The van der Waals surface area contributed by atoms with E-state index in [1.807, 2.05) is 23.5 Å². The summed E-state index contributed by atoms with van der Waals surface area (Å²) in [5.74, 6) is 0. The molecule has 1 fully saturated rings. The van der Waals surface area contributed by atoms with Crippen LogP contribution < -0.4 is 0 Å². The predicted molar refractivity (Wildman–Crippen MR) is 110 cm³/mol. The number of aliphatic hydroxyl groups excluding tert-OH is 1. The fourth-order valence-electron chi connectivity index (χ4n) is 3.98. The van der Waals surface area contributed by atoms with Crippen molar-refractivity contribution in [3.05, 3.63) is 53.6 Å². The number of aliphatic hydroxyl groups is 1. The molecule has 2 aromatic carbocycles. The second-order valence-electron chi connectivity index (χ2n) is 6.93. The lowest BCUT2D eigenvalue weighted by molar-refractivity contribution is 0.0823. The fraction of sp³-hybridized carbons (Fsp3) is 0.429. The zero-order valence-electron chi connectivity index (χ0n) is 15.2. The van der Waals surface area contributed by atoms with Gasteiger partial charge in [-0.2, -0.15) is 0 Å². The van der Waals surface area contributed by atoms with Crippen LogP contribution in [0.3, 0.4) is 0 Å². The molecule has 0 radical (unpaired) electrons. The number of thioether (sulfide) groups is 1. The second kappa shape index (κ2) is 8.36. The third-order valence-corrected chi connectivity index (χ3v) is 7.38. The van der Waals surface area contributed by atoms with Crippen molar-refractivity contribution in [3.63, 3.8) is 0 Å². The molecule has 2 aliphatic heterocycles. The van der Waals surface area contributed by atoms with Crippen molar-refractivity contribution >= 4 is 23.5 Å². The highest BCUT2D eigenvalue weighted by Gasteiger charge is 2.30. The number of piperazine rings is 1. The zero-order valence-corrected chi connectivity index (χ0v) is 16.9. The Hall–Kier alpha value is -0.980. The summed E-state index contributed by atoms with van der Waals surface area (Å²) in [6, 6.07) is 16.3. The van der Waals surface area contributed by atoms with E-state index < -0.39 is 0 Å². The first kappa shape index (κ1) is 18.4. The van der Waals surface area contributed by atoms with Crippen molar-refractivity contribution in [1.82, 2.24) is 9.80 Å². The Morgan fingerprint density at radius 1 is 1.08 bits per heavy atom. The number of fused-ring (bicyclic) bond motifs is 2. The Kier molecular flexibility index (Phi) is 5.91. The Labute approximate surface area is 164 Å². The summed E-state index contributed by atoms with van der Waals surface area (Å²) in [4.78, 5) is 9.16. The maximum atomic E-state index is 9.21. The summed E-state index contributed by atoms with van der Waals surface area (Å²) in [6.07, 6.45) is 3.23. The SMILES string of the molecule is CSc1ccc2c(c1)C(N1CCN(CCO)CC1)Cc1ccccc1S2. The normalized spacial score (nSPS) is 21.1. The van der Waals surface area contributed by atoms with Crippen LogP contribution in [0.1, 0.15) is 17.2 Å². The molecule has 5 heteroatoms. The van der Waals surface area contributed by atoms with Gasteiger partial charge in [0, 0.05) is 53.5 Å². The van der Waals surface area contributed by atoms with Crippen LogP contribution in [0, 0.1) is 0 Å². The Morgan fingerprint density at radius 2 is 1.88 bits per heavy atom. The van der Waals surface area contributed by atoms with Crippen molar-refractivity contribution in [1.29, 1.82) is 0 Å². The summed E-state index contributed by atoms with van der Waals surface area (Å²) in [5, 5.41) is 9.21. The first-order valence-electron chi connectivity index (χ1n) is 9.29. The molecule has 26 heavy (non-hydrogen) atoms. The summed E-state index contributed by atoms with van der Waals surface area (Å²) >= 11 is 3.74. The minimum Gasteiger partial charge on any atom is -0.395 e. The third-order valence-electron chi connectivity index (χ3n) is 5.45. The smallest absolute Gasteiger partial charge is 0.0558 e. The molecule has 2 aliphatic rings. The van der Waals surface area contributed by atoms with Crippen LogP contribution in [0.4, 0.5) is 0 Å². The Bertz CT molecular complexity index is 759. The maximum Gasteiger partial charge on any atom is 0.0558 e. The molecular weight excluding hydrogens is 360 g/mol. The van der Waals surface area contributed by atoms with E-state index in [1.54, 1.807) is 0 Å². The quantitative estimate of drug-likeness (QED) is 0.807. The van der Waals surface area contributed by atoms with Crippen LogP contribution in [0.15, 0.2) is 57.2 Å². The van der Waals surface area contributed by atoms with Crippen LogP contribution >= 0.6 is 23.5 Å². The average Bonchev–Trinajstić information content (AvgIpc) is 2.85. The number of β-amino-alcohol motifs (C(OH)–C–C–N with tert-alkyl or cyclic N) is 1. The monoisotopic (exact) mass is 386 g/mol. The molecule has 1 atom stereocenters. The lowest BCUT2D eigenvalue weighted by Crippen LogP contribution is -2.48. The molecule has 0 aliphatic carbocycles. The zero-order chi connectivity index (χ0) is 17.9. The van der Waals surface area contributed by atoms with Gasteiger partial charge < -0.3 is 5.11 Å². The fourth-order valence-corrected chi connectivity index (χ4v) is 5.55. The maximum absolute atomic E-state index is 9.21. The van der Waals surface area contributed by atoms with E-state index in [9.17, 15) is 5.11 Å². The van der Waals surface area contributed by atoms with E-state index in [-0.39, 0.29) is 6.61 Å². The second-order valence-corrected chi connectivity index (χ2v) is 8.90. The van der Waals surface area contributed by atoms with E-state index in [0.29, 0.717) is 6.04 Å². The van der Waals surface area contributed by atoms with Gasteiger partial charge in [-0.3, -0.25) is 9.80 Å². The molecule has 0 bridgehead atoms. The van der Waals surface area contributed by atoms with Gasteiger partial charge in [0.2, 0.25) is 0 Å². The van der Waals surface area contributed by atoms with Gasteiger partial charge in [-0.05, 0) is 48.1 Å². The molecule has 1 saturated heterocycles. The molecule has 3 nitrogen and oxygen atoms in total. The largest absolute Gasteiger partial charge is 0.395 e. The van der Waals surface area contributed by atoms with Crippen molar-refractivity contribution in [3.8, 4) is 0 Å². The molecule has 0 aromatic heterocycles.